The first-order valence-corrected chi connectivity index (χ1v) is 8.72. The van der Waals surface area contributed by atoms with E-state index in [0.29, 0.717) is 52.2 Å². The van der Waals surface area contributed by atoms with Gasteiger partial charge >= 0.3 is 6.09 Å². The van der Waals surface area contributed by atoms with Crippen molar-refractivity contribution >= 4 is 18.5 Å². The Kier molecular flexibility index (Phi) is 7.47. The SMILES string of the molecule is Cl.O=C(OCc1ccccc1)N1CCN(CC2(F)CCNCC2)CC1. The number of benzene rings is 1. The molecule has 2 aliphatic rings. The van der Waals surface area contributed by atoms with Crippen LogP contribution in [0.5, 0.6) is 0 Å². The Morgan fingerprint density at radius 1 is 1.12 bits per heavy atom. The highest BCUT2D eigenvalue weighted by Crippen LogP contribution is 2.25. The number of carbonyl (C=O) groups excluding carboxylic acids is 1. The summed E-state index contributed by atoms with van der Waals surface area (Å²) in [6.45, 7) is 4.88. The Hall–Kier alpha value is -1.37. The van der Waals surface area contributed by atoms with Crippen LogP contribution in [-0.2, 0) is 11.3 Å². The van der Waals surface area contributed by atoms with Crippen LogP contribution >= 0.6 is 12.4 Å². The molecule has 0 radical (unpaired) electrons. The smallest absolute Gasteiger partial charge is 0.410 e. The summed E-state index contributed by atoms with van der Waals surface area (Å²) in [5.74, 6) is 0. The molecular weight excluding hydrogens is 345 g/mol. The monoisotopic (exact) mass is 371 g/mol. The number of ether oxygens (including phenoxy) is 1. The fourth-order valence-electron chi connectivity index (χ4n) is 3.33. The Morgan fingerprint density at radius 2 is 1.76 bits per heavy atom. The third-order valence-corrected chi connectivity index (χ3v) is 4.84. The van der Waals surface area contributed by atoms with Crippen molar-refractivity contribution in [3.05, 3.63) is 35.9 Å². The lowest BCUT2D eigenvalue weighted by Gasteiger charge is -2.39. The molecular formula is C18H27ClFN3O2. The molecule has 5 nitrogen and oxygen atoms in total. The molecule has 0 aromatic heterocycles. The van der Waals surface area contributed by atoms with Gasteiger partial charge in [-0.25, -0.2) is 9.18 Å². The number of amides is 1. The van der Waals surface area contributed by atoms with Crippen molar-refractivity contribution in [3.63, 3.8) is 0 Å². The maximum absolute atomic E-state index is 14.7. The lowest BCUT2D eigenvalue weighted by atomic mass is 9.93. The predicted molar refractivity (Wildman–Crippen MR) is 97.8 cm³/mol. The number of halogens is 2. The molecule has 0 saturated carbocycles. The molecule has 7 heteroatoms. The van der Waals surface area contributed by atoms with E-state index in [2.05, 4.69) is 10.2 Å². The first kappa shape index (κ1) is 19.9. The van der Waals surface area contributed by atoms with Gasteiger partial charge in [0.25, 0.3) is 0 Å². The van der Waals surface area contributed by atoms with Crippen molar-refractivity contribution in [1.82, 2.24) is 15.1 Å². The van der Waals surface area contributed by atoms with Crippen molar-refractivity contribution in [2.24, 2.45) is 0 Å². The summed E-state index contributed by atoms with van der Waals surface area (Å²) in [5, 5.41) is 3.20. The average molecular weight is 372 g/mol. The van der Waals surface area contributed by atoms with E-state index in [4.69, 9.17) is 4.74 Å². The van der Waals surface area contributed by atoms with Crippen LogP contribution in [0.1, 0.15) is 18.4 Å². The molecule has 140 valence electrons. The molecule has 25 heavy (non-hydrogen) atoms. The minimum absolute atomic E-state index is 0. The molecule has 2 saturated heterocycles. The summed E-state index contributed by atoms with van der Waals surface area (Å²) in [6, 6.07) is 9.66. The van der Waals surface area contributed by atoms with Crippen LogP contribution in [0.3, 0.4) is 0 Å². The van der Waals surface area contributed by atoms with E-state index >= 15 is 0 Å². The molecule has 0 aliphatic carbocycles. The summed E-state index contributed by atoms with van der Waals surface area (Å²) < 4.78 is 20.1. The second-order valence-electron chi connectivity index (χ2n) is 6.70. The van der Waals surface area contributed by atoms with Gasteiger partial charge in [0.1, 0.15) is 12.3 Å². The second kappa shape index (κ2) is 9.36. The van der Waals surface area contributed by atoms with Gasteiger partial charge in [0.15, 0.2) is 0 Å². The zero-order valence-corrected chi connectivity index (χ0v) is 15.3. The lowest BCUT2D eigenvalue weighted by molar-refractivity contribution is 0.0305. The third-order valence-electron chi connectivity index (χ3n) is 4.84. The van der Waals surface area contributed by atoms with Crippen molar-refractivity contribution < 1.29 is 13.9 Å². The quantitative estimate of drug-likeness (QED) is 0.883. The van der Waals surface area contributed by atoms with E-state index in [9.17, 15) is 9.18 Å². The number of piperazine rings is 1. The van der Waals surface area contributed by atoms with Crippen molar-refractivity contribution in [3.8, 4) is 0 Å². The Bertz CT molecular complexity index is 532. The van der Waals surface area contributed by atoms with Gasteiger partial charge in [-0.05, 0) is 31.5 Å². The molecule has 1 aromatic carbocycles. The van der Waals surface area contributed by atoms with E-state index in [-0.39, 0.29) is 18.5 Å². The summed E-state index contributed by atoms with van der Waals surface area (Å²) in [6.07, 6.45) is 0.869. The Morgan fingerprint density at radius 3 is 2.40 bits per heavy atom. The van der Waals surface area contributed by atoms with Gasteiger partial charge in [-0.1, -0.05) is 30.3 Å². The number of alkyl halides is 1. The van der Waals surface area contributed by atoms with Crippen LogP contribution in [0.15, 0.2) is 30.3 Å². The number of hydrogen-bond donors (Lipinski definition) is 1. The fraction of sp³-hybridized carbons (Fsp3) is 0.611. The van der Waals surface area contributed by atoms with Crippen LogP contribution in [0.2, 0.25) is 0 Å². The summed E-state index contributed by atoms with van der Waals surface area (Å²) >= 11 is 0. The normalized spacial score (nSPS) is 20.6. The standard InChI is InChI=1S/C18H26FN3O2.ClH/c19-18(6-8-20-9-7-18)15-21-10-12-22(13-11-21)17(23)24-14-16-4-2-1-3-5-16;/h1-5,20H,6-15H2;1H. The highest BCUT2D eigenvalue weighted by Gasteiger charge is 2.35. The number of nitrogens with zero attached hydrogens (tertiary/aromatic N) is 2. The zero-order valence-electron chi connectivity index (χ0n) is 14.5. The van der Waals surface area contributed by atoms with Gasteiger partial charge in [-0.3, -0.25) is 4.90 Å². The van der Waals surface area contributed by atoms with Crippen LogP contribution in [-0.4, -0.2) is 67.4 Å². The van der Waals surface area contributed by atoms with Gasteiger partial charge in [0.2, 0.25) is 0 Å². The topological polar surface area (TPSA) is 44.8 Å². The minimum atomic E-state index is -1.08. The van der Waals surface area contributed by atoms with Gasteiger partial charge in [-0.15, -0.1) is 12.4 Å². The lowest BCUT2D eigenvalue weighted by Crippen LogP contribution is -2.54. The van der Waals surface area contributed by atoms with E-state index in [1.165, 1.54) is 0 Å². The minimum Gasteiger partial charge on any atom is -0.445 e. The van der Waals surface area contributed by atoms with E-state index < -0.39 is 5.67 Å². The maximum Gasteiger partial charge on any atom is 0.410 e. The van der Waals surface area contributed by atoms with Crippen LogP contribution < -0.4 is 5.32 Å². The van der Waals surface area contributed by atoms with Crippen LogP contribution in [0, 0.1) is 0 Å². The number of piperidine rings is 1. The molecule has 0 spiro atoms. The number of hydrogen-bond acceptors (Lipinski definition) is 4. The van der Waals surface area contributed by atoms with Gasteiger partial charge < -0.3 is 15.0 Å². The zero-order chi connectivity index (χ0) is 16.8. The molecule has 2 aliphatic heterocycles. The molecule has 1 amide bonds. The largest absolute Gasteiger partial charge is 0.445 e. The van der Waals surface area contributed by atoms with Crippen LogP contribution in [0.4, 0.5) is 9.18 Å². The van der Waals surface area contributed by atoms with Gasteiger partial charge in [-0.2, -0.15) is 0 Å². The number of rotatable bonds is 4. The molecule has 0 bridgehead atoms. The molecule has 2 heterocycles. The predicted octanol–water partition coefficient (Wildman–Crippen LogP) is 2.45. The first-order valence-electron chi connectivity index (χ1n) is 8.72. The molecule has 0 atom stereocenters. The molecule has 0 unspecified atom stereocenters. The number of carbonyl (C=O) groups is 1. The van der Waals surface area contributed by atoms with Gasteiger partial charge in [0, 0.05) is 32.7 Å². The average Bonchev–Trinajstić information content (AvgIpc) is 2.61. The molecule has 1 N–H and O–H groups in total. The maximum atomic E-state index is 14.7. The van der Waals surface area contributed by atoms with E-state index in [1.807, 2.05) is 30.3 Å². The first-order chi connectivity index (χ1) is 11.6. The Labute approximate surface area is 154 Å². The summed E-state index contributed by atoms with van der Waals surface area (Å²) in [5.41, 5.74) is -0.101. The molecule has 3 rings (SSSR count). The number of nitrogens with one attached hydrogen (secondary N) is 1. The highest BCUT2D eigenvalue weighted by molar-refractivity contribution is 5.85. The summed E-state index contributed by atoms with van der Waals surface area (Å²) in [7, 11) is 0. The summed E-state index contributed by atoms with van der Waals surface area (Å²) in [4.78, 5) is 16.0. The Balaban J connectivity index is 0.00000225. The van der Waals surface area contributed by atoms with Crippen LogP contribution in [0.25, 0.3) is 0 Å². The highest BCUT2D eigenvalue weighted by atomic mass is 35.5. The fourth-order valence-corrected chi connectivity index (χ4v) is 3.33. The van der Waals surface area contributed by atoms with Crippen molar-refractivity contribution in [2.45, 2.75) is 25.1 Å². The van der Waals surface area contributed by atoms with Crippen molar-refractivity contribution in [1.29, 1.82) is 0 Å². The second-order valence-corrected chi connectivity index (χ2v) is 6.70. The van der Waals surface area contributed by atoms with Crippen molar-refractivity contribution in [2.75, 3.05) is 45.8 Å². The van der Waals surface area contributed by atoms with Gasteiger partial charge in [0.05, 0.1) is 0 Å². The van der Waals surface area contributed by atoms with E-state index in [1.54, 1.807) is 4.90 Å². The molecule has 1 aromatic rings. The third kappa shape index (κ3) is 5.83. The van der Waals surface area contributed by atoms with E-state index in [0.717, 1.165) is 18.7 Å². The molecule has 2 fully saturated rings.